The van der Waals surface area contributed by atoms with Gasteiger partial charge in [-0.25, -0.2) is 0 Å². The third kappa shape index (κ3) is 5.52. The molecular formula is C35H52N2O3. The molecule has 0 unspecified atom stereocenters. The van der Waals surface area contributed by atoms with E-state index in [0.29, 0.717) is 30.2 Å². The van der Waals surface area contributed by atoms with Gasteiger partial charge in [-0.1, -0.05) is 62.8 Å². The third-order valence-electron chi connectivity index (χ3n) is 11.5. The van der Waals surface area contributed by atoms with Gasteiger partial charge in [-0.05, 0) is 112 Å². The number of nitrogens with zero attached hydrogens (tertiary/aromatic N) is 1. The van der Waals surface area contributed by atoms with E-state index in [1.807, 2.05) is 51.1 Å². The van der Waals surface area contributed by atoms with Crippen molar-refractivity contribution in [2.75, 3.05) is 6.54 Å². The minimum atomic E-state index is -0.337. The van der Waals surface area contributed by atoms with Gasteiger partial charge in [-0.15, -0.1) is 0 Å². The van der Waals surface area contributed by atoms with Crippen LogP contribution in [0.15, 0.2) is 42.0 Å². The molecule has 0 saturated heterocycles. The predicted molar refractivity (Wildman–Crippen MR) is 160 cm³/mol. The molecule has 0 aliphatic heterocycles. The van der Waals surface area contributed by atoms with Crippen molar-refractivity contribution in [1.82, 2.24) is 10.2 Å². The monoisotopic (exact) mass is 548 g/mol. The van der Waals surface area contributed by atoms with Crippen LogP contribution in [0.4, 0.5) is 0 Å². The molecule has 220 valence electrons. The van der Waals surface area contributed by atoms with Gasteiger partial charge in [0.1, 0.15) is 0 Å². The van der Waals surface area contributed by atoms with Crippen LogP contribution >= 0.6 is 0 Å². The van der Waals surface area contributed by atoms with Crippen LogP contribution in [0.2, 0.25) is 0 Å². The summed E-state index contributed by atoms with van der Waals surface area (Å²) in [5.74, 6) is 2.23. The highest BCUT2D eigenvalue weighted by molar-refractivity contribution is 5.86. The SMILES string of the molecule is C[C@H](C(=O)N(CC(=O)NC(C)(C)C)Cc1ccccc1)[C@H]1CC[C@H]2[C@@H]3CC=C4C[C@@H](O)CC[C@]4(C)[C@H]3CC[C@]12C. The Kier molecular flexibility index (Phi) is 8.02. The first-order chi connectivity index (χ1) is 18.8. The fraction of sp³-hybridized carbons (Fsp3) is 0.714. The summed E-state index contributed by atoms with van der Waals surface area (Å²) in [7, 11) is 0. The lowest BCUT2D eigenvalue weighted by atomic mass is 9.47. The lowest BCUT2D eigenvalue weighted by molar-refractivity contribution is -0.144. The van der Waals surface area contributed by atoms with Crippen molar-refractivity contribution in [1.29, 1.82) is 0 Å². The Morgan fingerprint density at radius 1 is 1.05 bits per heavy atom. The number of aliphatic hydroxyl groups is 1. The molecule has 0 spiro atoms. The maximum absolute atomic E-state index is 14.2. The highest BCUT2D eigenvalue weighted by Gasteiger charge is 2.59. The maximum Gasteiger partial charge on any atom is 0.240 e. The number of amides is 2. The first kappa shape index (κ1) is 29.4. The van der Waals surface area contributed by atoms with E-state index >= 15 is 0 Å². The zero-order valence-corrected chi connectivity index (χ0v) is 25.7. The Balaban J connectivity index is 1.34. The minimum absolute atomic E-state index is 0.0880. The van der Waals surface area contributed by atoms with Crippen LogP contribution in [0.3, 0.4) is 0 Å². The molecule has 5 nitrogen and oxygen atoms in total. The summed E-state index contributed by atoms with van der Waals surface area (Å²) in [4.78, 5) is 29.0. The van der Waals surface area contributed by atoms with Gasteiger partial charge >= 0.3 is 0 Å². The number of hydrogen-bond acceptors (Lipinski definition) is 3. The highest BCUT2D eigenvalue weighted by Crippen LogP contribution is 2.67. The average molecular weight is 549 g/mol. The molecule has 5 heteroatoms. The molecule has 3 fully saturated rings. The second-order valence-electron chi connectivity index (χ2n) is 15.2. The van der Waals surface area contributed by atoms with Gasteiger partial charge in [0.25, 0.3) is 0 Å². The Bertz CT molecular complexity index is 1120. The fourth-order valence-electron chi connectivity index (χ4n) is 9.61. The zero-order chi connectivity index (χ0) is 28.9. The second kappa shape index (κ2) is 10.9. The van der Waals surface area contributed by atoms with Gasteiger partial charge in [-0.2, -0.15) is 0 Å². The Labute approximate surface area is 242 Å². The van der Waals surface area contributed by atoms with E-state index in [9.17, 15) is 14.7 Å². The van der Waals surface area contributed by atoms with Crippen molar-refractivity contribution in [2.45, 2.75) is 111 Å². The van der Waals surface area contributed by atoms with Gasteiger partial charge in [0.2, 0.25) is 11.8 Å². The number of carbonyl (C=O) groups is 2. The van der Waals surface area contributed by atoms with Crippen molar-refractivity contribution >= 4 is 11.8 Å². The summed E-state index contributed by atoms with van der Waals surface area (Å²) < 4.78 is 0. The van der Waals surface area contributed by atoms with Crippen LogP contribution in [-0.4, -0.2) is 40.0 Å². The van der Waals surface area contributed by atoms with Gasteiger partial charge in [0, 0.05) is 18.0 Å². The smallest absolute Gasteiger partial charge is 0.240 e. The number of carbonyl (C=O) groups excluding carboxylic acids is 2. The van der Waals surface area contributed by atoms with E-state index in [4.69, 9.17) is 0 Å². The minimum Gasteiger partial charge on any atom is -0.393 e. The average Bonchev–Trinajstić information content (AvgIpc) is 3.24. The van der Waals surface area contributed by atoms with Crippen molar-refractivity contribution < 1.29 is 14.7 Å². The van der Waals surface area contributed by atoms with Crippen molar-refractivity contribution in [3.05, 3.63) is 47.5 Å². The molecule has 0 bridgehead atoms. The number of nitrogens with one attached hydrogen (secondary N) is 1. The van der Waals surface area contributed by atoms with Crippen molar-refractivity contribution in [3.63, 3.8) is 0 Å². The molecular weight excluding hydrogens is 496 g/mol. The Morgan fingerprint density at radius 3 is 2.48 bits per heavy atom. The molecule has 4 aliphatic rings. The first-order valence-corrected chi connectivity index (χ1v) is 15.8. The van der Waals surface area contributed by atoms with E-state index in [0.717, 1.165) is 37.7 Å². The van der Waals surface area contributed by atoms with Crippen molar-refractivity contribution in [2.24, 2.45) is 40.4 Å². The number of rotatable bonds is 6. The first-order valence-electron chi connectivity index (χ1n) is 15.8. The molecule has 0 heterocycles. The zero-order valence-electron chi connectivity index (χ0n) is 25.7. The topological polar surface area (TPSA) is 69.6 Å². The van der Waals surface area contributed by atoms with Crippen LogP contribution in [0, 0.1) is 40.4 Å². The highest BCUT2D eigenvalue weighted by atomic mass is 16.3. The summed E-state index contributed by atoms with van der Waals surface area (Å²) >= 11 is 0. The van der Waals surface area contributed by atoms with Gasteiger partial charge in [0.15, 0.2) is 0 Å². The van der Waals surface area contributed by atoms with E-state index in [-0.39, 0.29) is 46.7 Å². The number of benzene rings is 1. The quantitative estimate of drug-likeness (QED) is 0.399. The fourth-order valence-corrected chi connectivity index (χ4v) is 9.61. The van der Waals surface area contributed by atoms with Gasteiger partial charge in [0.05, 0.1) is 12.6 Å². The third-order valence-corrected chi connectivity index (χ3v) is 11.5. The molecule has 4 aliphatic carbocycles. The molecule has 1 aromatic carbocycles. The normalized spacial score (nSPS) is 36.0. The molecule has 5 rings (SSSR count). The maximum atomic E-state index is 14.2. The Hall–Kier alpha value is -2.14. The van der Waals surface area contributed by atoms with Crippen LogP contribution in [0.1, 0.15) is 98.5 Å². The number of fused-ring (bicyclic) bond motifs is 5. The van der Waals surface area contributed by atoms with Gasteiger partial charge < -0.3 is 15.3 Å². The Morgan fingerprint density at radius 2 is 1.77 bits per heavy atom. The number of allylic oxidation sites excluding steroid dienone is 1. The van der Waals surface area contributed by atoms with Gasteiger partial charge in [-0.3, -0.25) is 9.59 Å². The summed E-state index contributed by atoms with van der Waals surface area (Å²) in [6.07, 6.45) is 11.0. The van der Waals surface area contributed by atoms with Crippen LogP contribution < -0.4 is 5.32 Å². The standard InChI is InChI=1S/C35H52N2O3/c1-23(32(40)37(21-24-10-8-7-9-11-24)22-31(39)36-33(2,3)4)28-14-15-29-27-13-12-25-20-26(38)16-18-34(25,5)30(27)17-19-35(28,29)6/h7-12,23,26-30,38H,13-22H2,1-6H3,(H,36,39)/t23-,26-,27-,28+,29-,30-,34-,35+/m0/s1. The molecule has 0 radical (unpaired) electrons. The van der Waals surface area contributed by atoms with Crippen LogP contribution in [0.5, 0.6) is 0 Å². The summed E-state index contributed by atoms with van der Waals surface area (Å²) in [6, 6.07) is 10.1. The number of hydrogen-bond donors (Lipinski definition) is 2. The van der Waals surface area contributed by atoms with Crippen LogP contribution in [-0.2, 0) is 16.1 Å². The second-order valence-corrected chi connectivity index (χ2v) is 15.2. The van der Waals surface area contributed by atoms with E-state index < -0.39 is 0 Å². The molecule has 40 heavy (non-hydrogen) atoms. The molecule has 1 aromatic rings. The lowest BCUT2D eigenvalue weighted by Crippen LogP contribution is -2.52. The molecule has 0 aromatic heterocycles. The van der Waals surface area contributed by atoms with E-state index in [1.165, 1.54) is 24.8 Å². The molecule has 2 N–H and O–H groups in total. The predicted octanol–water partition coefficient (Wildman–Crippen LogP) is 6.51. The number of aliphatic hydroxyl groups excluding tert-OH is 1. The lowest BCUT2D eigenvalue weighted by Gasteiger charge is -2.58. The largest absolute Gasteiger partial charge is 0.393 e. The van der Waals surface area contributed by atoms with E-state index in [2.05, 4.69) is 32.2 Å². The molecule has 8 atom stereocenters. The summed E-state index contributed by atoms with van der Waals surface area (Å²) in [6.45, 7) is 13.6. The molecule has 2 amide bonds. The van der Waals surface area contributed by atoms with Crippen LogP contribution in [0.25, 0.3) is 0 Å². The summed E-state index contributed by atoms with van der Waals surface area (Å²) in [5.41, 5.74) is 2.61. The van der Waals surface area contributed by atoms with Crippen molar-refractivity contribution in [3.8, 4) is 0 Å². The van der Waals surface area contributed by atoms with E-state index in [1.54, 1.807) is 4.90 Å². The molecule has 3 saturated carbocycles. The summed E-state index contributed by atoms with van der Waals surface area (Å²) in [5, 5.41) is 13.4.